The van der Waals surface area contributed by atoms with Crippen molar-refractivity contribution in [1.29, 1.82) is 0 Å². The van der Waals surface area contributed by atoms with Crippen LogP contribution in [0.5, 0.6) is 11.8 Å². The summed E-state index contributed by atoms with van der Waals surface area (Å²) in [5.74, 6) is 0.884. The summed E-state index contributed by atoms with van der Waals surface area (Å²) in [7, 11) is 1.54. The van der Waals surface area contributed by atoms with E-state index < -0.39 is 0 Å². The van der Waals surface area contributed by atoms with Crippen molar-refractivity contribution in [2.45, 2.75) is 37.8 Å². The first-order chi connectivity index (χ1) is 12.6. The van der Waals surface area contributed by atoms with Crippen LogP contribution < -0.4 is 20.1 Å². The summed E-state index contributed by atoms with van der Waals surface area (Å²) in [5.41, 5.74) is 0.670. The predicted octanol–water partition coefficient (Wildman–Crippen LogP) is 3.65. The number of ether oxygens (including phenoxy) is 2. The van der Waals surface area contributed by atoms with Gasteiger partial charge in [0.1, 0.15) is 6.10 Å². The average molecular weight is 377 g/mol. The van der Waals surface area contributed by atoms with Gasteiger partial charge >= 0.3 is 6.03 Å². The van der Waals surface area contributed by atoms with Gasteiger partial charge in [0.2, 0.25) is 11.8 Å². The fourth-order valence-corrected chi connectivity index (χ4v) is 3.09. The van der Waals surface area contributed by atoms with Crippen LogP contribution in [-0.4, -0.2) is 35.3 Å². The summed E-state index contributed by atoms with van der Waals surface area (Å²) in [6, 6.07) is 6.95. The minimum atomic E-state index is -0.227. The van der Waals surface area contributed by atoms with Crippen LogP contribution in [0.1, 0.15) is 25.7 Å². The number of rotatable bonds is 5. The number of amides is 2. The van der Waals surface area contributed by atoms with Crippen LogP contribution >= 0.6 is 11.6 Å². The molecule has 1 aliphatic rings. The number of carbonyl (C=O) groups excluding carboxylic acids is 1. The third kappa shape index (κ3) is 5.23. The fraction of sp³-hybridized carbons (Fsp3) is 0.389. The smallest absolute Gasteiger partial charge is 0.319 e. The van der Waals surface area contributed by atoms with Crippen LogP contribution in [0.25, 0.3) is 0 Å². The van der Waals surface area contributed by atoms with E-state index >= 15 is 0 Å². The maximum absolute atomic E-state index is 12.1. The molecular formula is C18H21ClN4O3. The number of nitrogens with one attached hydrogen (secondary N) is 2. The van der Waals surface area contributed by atoms with Gasteiger partial charge in [-0.05, 0) is 43.9 Å². The Balaban J connectivity index is 1.44. The summed E-state index contributed by atoms with van der Waals surface area (Å²) in [5, 5.41) is 6.37. The highest BCUT2D eigenvalue weighted by atomic mass is 35.5. The number of hydrogen-bond acceptors (Lipinski definition) is 5. The van der Waals surface area contributed by atoms with E-state index in [1.165, 1.54) is 6.20 Å². The van der Waals surface area contributed by atoms with E-state index in [-0.39, 0.29) is 18.2 Å². The molecule has 138 valence electrons. The van der Waals surface area contributed by atoms with Gasteiger partial charge in [-0.2, -0.15) is 4.98 Å². The van der Waals surface area contributed by atoms with Crippen LogP contribution in [0.4, 0.5) is 10.5 Å². The molecule has 0 atom stereocenters. The number of carbonyl (C=O) groups is 1. The van der Waals surface area contributed by atoms with Crippen LogP contribution in [0.2, 0.25) is 5.02 Å². The Labute approximate surface area is 157 Å². The van der Waals surface area contributed by atoms with Gasteiger partial charge in [-0.1, -0.05) is 17.7 Å². The lowest BCUT2D eigenvalue weighted by molar-refractivity contribution is 0.134. The Kier molecular flexibility index (Phi) is 6.12. The minimum Gasteiger partial charge on any atom is -0.480 e. The maximum Gasteiger partial charge on any atom is 0.319 e. The van der Waals surface area contributed by atoms with Crippen molar-refractivity contribution in [3.63, 3.8) is 0 Å². The third-order valence-electron chi connectivity index (χ3n) is 4.18. The molecule has 1 fully saturated rings. The molecule has 0 radical (unpaired) electrons. The molecule has 2 aromatic rings. The average Bonchev–Trinajstić information content (AvgIpc) is 2.63. The molecule has 8 heteroatoms. The zero-order chi connectivity index (χ0) is 18.4. The molecule has 3 rings (SSSR count). The molecule has 0 aliphatic heterocycles. The maximum atomic E-state index is 12.1. The van der Waals surface area contributed by atoms with Crippen LogP contribution in [0, 0.1) is 0 Å². The molecule has 7 nitrogen and oxygen atoms in total. The highest BCUT2D eigenvalue weighted by Gasteiger charge is 2.24. The molecule has 1 saturated carbocycles. The van der Waals surface area contributed by atoms with Gasteiger partial charge in [0.25, 0.3) is 0 Å². The molecule has 0 unspecified atom stereocenters. The molecule has 0 saturated heterocycles. The number of anilines is 1. The Morgan fingerprint density at radius 3 is 2.69 bits per heavy atom. The van der Waals surface area contributed by atoms with Crippen molar-refractivity contribution in [3.05, 3.63) is 41.7 Å². The van der Waals surface area contributed by atoms with E-state index in [4.69, 9.17) is 21.1 Å². The van der Waals surface area contributed by atoms with E-state index in [1.54, 1.807) is 37.6 Å². The summed E-state index contributed by atoms with van der Waals surface area (Å²) >= 11 is 5.92. The molecule has 1 aromatic heterocycles. The first-order valence-electron chi connectivity index (χ1n) is 8.48. The number of methoxy groups -OCH3 is 1. The third-order valence-corrected chi connectivity index (χ3v) is 4.41. The second kappa shape index (κ2) is 8.71. The second-order valence-corrected chi connectivity index (χ2v) is 6.54. The molecule has 0 bridgehead atoms. The quantitative estimate of drug-likeness (QED) is 0.831. The summed E-state index contributed by atoms with van der Waals surface area (Å²) in [6.07, 6.45) is 6.51. The summed E-state index contributed by atoms with van der Waals surface area (Å²) in [4.78, 5) is 20.3. The summed E-state index contributed by atoms with van der Waals surface area (Å²) in [6.45, 7) is 0. The van der Waals surface area contributed by atoms with Gasteiger partial charge in [-0.25, -0.2) is 4.79 Å². The topological polar surface area (TPSA) is 85.4 Å². The zero-order valence-corrected chi connectivity index (χ0v) is 15.2. The molecule has 2 N–H and O–H groups in total. The number of aromatic nitrogens is 2. The number of nitrogens with zero attached hydrogens (tertiary/aromatic N) is 2. The van der Waals surface area contributed by atoms with Gasteiger partial charge < -0.3 is 20.1 Å². The molecular weight excluding hydrogens is 356 g/mol. The molecule has 1 heterocycles. The SMILES string of the molecule is COc1cncc(OC2CCC(NC(=O)Nc3cccc(Cl)c3)CC2)n1. The second-order valence-electron chi connectivity index (χ2n) is 6.10. The van der Waals surface area contributed by atoms with Crippen LogP contribution in [0.3, 0.4) is 0 Å². The standard InChI is InChI=1S/C18H21ClN4O3/c1-25-16-10-20-11-17(23-16)26-15-7-5-13(6-8-15)21-18(24)22-14-4-2-3-12(19)9-14/h2-4,9-11,13,15H,5-8H2,1H3,(H2,21,22,24). The Morgan fingerprint density at radius 1 is 1.19 bits per heavy atom. The largest absolute Gasteiger partial charge is 0.480 e. The predicted molar refractivity (Wildman–Crippen MR) is 98.9 cm³/mol. The van der Waals surface area contributed by atoms with Crippen molar-refractivity contribution < 1.29 is 14.3 Å². The minimum absolute atomic E-state index is 0.0606. The fourth-order valence-electron chi connectivity index (χ4n) is 2.90. The lowest BCUT2D eigenvalue weighted by Gasteiger charge is -2.29. The van der Waals surface area contributed by atoms with Crippen molar-refractivity contribution in [2.24, 2.45) is 0 Å². The van der Waals surface area contributed by atoms with Crippen molar-refractivity contribution >= 4 is 23.3 Å². The molecule has 26 heavy (non-hydrogen) atoms. The van der Waals surface area contributed by atoms with Crippen molar-refractivity contribution in [1.82, 2.24) is 15.3 Å². The number of benzene rings is 1. The Morgan fingerprint density at radius 2 is 1.96 bits per heavy atom. The monoisotopic (exact) mass is 376 g/mol. The number of hydrogen-bond donors (Lipinski definition) is 2. The number of urea groups is 1. The molecule has 1 aliphatic carbocycles. The van der Waals surface area contributed by atoms with Crippen molar-refractivity contribution in [3.8, 4) is 11.8 Å². The molecule has 0 spiro atoms. The van der Waals surface area contributed by atoms with Crippen LogP contribution in [0.15, 0.2) is 36.7 Å². The van der Waals surface area contributed by atoms with E-state index in [1.807, 2.05) is 0 Å². The van der Waals surface area contributed by atoms with E-state index in [0.717, 1.165) is 25.7 Å². The van der Waals surface area contributed by atoms with Crippen LogP contribution in [-0.2, 0) is 0 Å². The van der Waals surface area contributed by atoms with Crippen molar-refractivity contribution in [2.75, 3.05) is 12.4 Å². The summed E-state index contributed by atoms with van der Waals surface area (Å²) < 4.78 is 10.9. The van der Waals surface area contributed by atoms with Gasteiger partial charge in [-0.3, -0.25) is 4.98 Å². The Bertz CT molecular complexity index is 751. The zero-order valence-electron chi connectivity index (χ0n) is 14.4. The van der Waals surface area contributed by atoms with E-state index in [9.17, 15) is 4.79 Å². The lowest BCUT2D eigenvalue weighted by Crippen LogP contribution is -2.41. The first-order valence-corrected chi connectivity index (χ1v) is 8.86. The van der Waals surface area contributed by atoms with Gasteiger partial charge in [0, 0.05) is 16.8 Å². The highest BCUT2D eigenvalue weighted by Crippen LogP contribution is 2.23. The van der Waals surface area contributed by atoms with Gasteiger partial charge in [0.15, 0.2) is 0 Å². The number of halogens is 1. The molecule has 2 amide bonds. The van der Waals surface area contributed by atoms with Gasteiger partial charge in [0.05, 0.1) is 19.5 Å². The van der Waals surface area contributed by atoms with Gasteiger partial charge in [-0.15, -0.1) is 0 Å². The van der Waals surface area contributed by atoms with E-state index in [2.05, 4.69) is 20.6 Å². The highest BCUT2D eigenvalue weighted by molar-refractivity contribution is 6.30. The first kappa shape index (κ1) is 18.3. The molecule has 1 aromatic carbocycles. The Hall–Kier alpha value is -2.54. The van der Waals surface area contributed by atoms with E-state index in [0.29, 0.717) is 22.5 Å². The lowest BCUT2D eigenvalue weighted by atomic mass is 9.93. The normalized spacial score (nSPS) is 19.5.